The van der Waals surface area contributed by atoms with Crippen LogP contribution in [-0.2, 0) is 12.8 Å². The van der Waals surface area contributed by atoms with E-state index in [9.17, 15) is 0 Å². The van der Waals surface area contributed by atoms with E-state index in [0.29, 0.717) is 18.1 Å². The van der Waals surface area contributed by atoms with E-state index in [-0.39, 0.29) is 0 Å². The number of unbranched alkanes of at least 4 members (excludes halogenated alkanes) is 2. The normalized spacial score (nSPS) is 13.2. The lowest BCUT2D eigenvalue weighted by Gasteiger charge is -2.08. The van der Waals surface area contributed by atoms with Gasteiger partial charge in [-0.1, -0.05) is 19.8 Å². The first kappa shape index (κ1) is 11.9. The number of nitriles is 1. The van der Waals surface area contributed by atoms with Gasteiger partial charge in [0.25, 0.3) is 0 Å². The molecule has 1 aromatic heterocycles. The van der Waals surface area contributed by atoms with E-state index in [1.807, 2.05) is 6.07 Å². The lowest BCUT2D eigenvalue weighted by Crippen LogP contribution is -2.03. The zero-order valence-electron chi connectivity index (χ0n) is 10.3. The highest BCUT2D eigenvalue weighted by Gasteiger charge is 2.16. The molecule has 3 nitrogen and oxygen atoms in total. The van der Waals surface area contributed by atoms with Crippen LogP contribution in [0.4, 0.5) is 0 Å². The number of hydrogen-bond acceptors (Lipinski definition) is 3. The molecule has 3 heteroatoms. The first-order valence-corrected chi connectivity index (χ1v) is 6.41. The van der Waals surface area contributed by atoms with Crippen LogP contribution in [0.25, 0.3) is 0 Å². The lowest BCUT2D eigenvalue weighted by molar-refractivity contribution is 0.293. The molecule has 2 rings (SSSR count). The van der Waals surface area contributed by atoms with Gasteiger partial charge in [-0.25, -0.2) is 4.98 Å². The predicted molar refractivity (Wildman–Crippen MR) is 66.0 cm³/mol. The van der Waals surface area contributed by atoms with Crippen LogP contribution in [0.3, 0.4) is 0 Å². The summed E-state index contributed by atoms with van der Waals surface area (Å²) in [6, 6.07) is 4.13. The van der Waals surface area contributed by atoms with Gasteiger partial charge in [0.2, 0.25) is 5.88 Å². The SMILES string of the molecule is CCCCCOc1nc2c(cc1C#N)CCC2. The van der Waals surface area contributed by atoms with Gasteiger partial charge < -0.3 is 4.74 Å². The largest absolute Gasteiger partial charge is 0.477 e. The average molecular weight is 230 g/mol. The minimum atomic E-state index is 0.532. The fourth-order valence-corrected chi connectivity index (χ4v) is 2.16. The topological polar surface area (TPSA) is 45.9 Å². The smallest absolute Gasteiger partial charge is 0.231 e. The Morgan fingerprint density at radius 2 is 2.29 bits per heavy atom. The van der Waals surface area contributed by atoms with Crippen molar-refractivity contribution >= 4 is 0 Å². The second-order valence-electron chi connectivity index (χ2n) is 4.47. The Bertz CT molecular complexity index is 435. The Hall–Kier alpha value is -1.56. The molecule has 17 heavy (non-hydrogen) atoms. The number of aryl methyl sites for hydroxylation is 2. The first-order chi connectivity index (χ1) is 8.35. The van der Waals surface area contributed by atoms with E-state index in [0.717, 1.165) is 37.8 Å². The van der Waals surface area contributed by atoms with Crippen molar-refractivity contribution in [3.05, 3.63) is 22.9 Å². The molecule has 0 N–H and O–H groups in total. The van der Waals surface area contributed by atoms with Crippen LogP contribution < -0.4 is 4.74 Å². The molecular weight excluding hydrogens is 212 g/mol. The van der Waals surface area contributed by atoms with Crippen LogP contribution in [0, 0.1) is 11.3 Å². The highest BCUT2D eigenvalue weighted by molar-refractivity contribution is 5.44. The monoisotopic (exact) mass is 230 g/mol. The number of pyridine rings is 1. The van der Waals surface area contributed by atoms with Crippen LogP contribution in [-0.4, -0.2) is 11.6 Å². The second-order valence-corrected chi connectivity index (χ2v) is 4.47. The molecule has 0 bridgehead atoms. The van der Waals surface area contributed by atoms with Gasteiger partial charge in [0, 0.05) is 5.69 Å². The summed E-state index contributed by atoms with van der Waals surface area (Å²) in [5.41, 5.74) is 2.93. The molecule has 0 spiro atoms. The number of nitrogens with zero attached hydrogens (tertiary/aromatic N) is 2. The average Bonchev–Trinajstić information content (AvgIpc) is 2.80. The Morgan fingerprint density at radius 1 is 1.41 bits per heavy atom. The maximum Gasteiger partial charge on any atom is 0.231 e. The number of fused-ring (bicyclic) bond motifs is 1. The van der Waals surface area contributed by atoms with E-state index in [1.54, 1.807) is 0 Å². The molecule has 0 atom stereocenters. The van der Waals surface area contributed by atoms with E-state index in [4.69, 9.17) is 10.00 Å². The molecule has 0 aromatic carbocycles. The maximum atomic E-state index is 9.08. The van der Waals surface area contributed by atoms with Gasteiger partial charge >= 0.3 is 0 Å². The Kier molecular flexibility index (Phi) is 3.98. The summed E-state index contributed by atoms with van der Waals surface area (Å²) in [7, 11) is 0. The summed E-state index contributed by atoms with van der Waals surface area (Å²) in [6.45, 7) is 2.82. The highest BCUT2D eigenvalue weighted by Crippen LogP contribution is 2.26. The quantitative estimate of drug-likeness (QED) is 0.730. The fourth-order valence-electron chi connectivity index (χ4n) is 2.16. The lowest BCUT2D eigenvalue weighted by atomic mass is 10.1. The summed E-state index contributed by atoms with van der Waals surface area (Å²) < 4.78 is 5.62. The van der Waals surface area contributed by atoms with Gasteiger partial charge in [-0.2, -0.15) is 5.26 Å². The highest BCUT2D eigenvalue weighted by atomic mass is 16.5. The van der Waals surface area contributed by atoms with E-state index >= 15 is 0 Å². The summed E-state index contributed by atoms with van der Waals surface area (Å²) >= 11 is 0. The molecule has 1 aromatic rings. The van der Waals surface area contributed by atoms with Crippen LogP contribution in [0.2, 0.25) is 0 Å². The third kappa shape index (κ3) is 2.76. The van der Waals surface area contributed by atoms with Gasteiger partial charge in [-0.15, -0.1) is 0 Å². The molecule has 1 aliphatic rings. The van der Waals surface area contributed by atoms with Crippen molar-refractivity contribution in [2.24, 2.45) is 0 Å². The van der Waals surface area contributed by atoms with Gasteiger partial charge in [-0.05, 0) is 37.3 Å². The molecule has 1 heterocycles. The zero-order chi connectivity index (χ0) is 12.1. The maximum absolute atomic E-state index is 9.08. The van der Waals surface area contributed by atoms with Gasteiger partial charge in [0.15, 0.2) is 0 Å². The van der Waals surface area contributed by atoms with Crippen molar-refractivity contribution in [3.8, 4) is 11.9 Å². The number of rotatable bonds is 5. The van der Waals surface area contributed by atoms with Crippen molar-refractivity contribution in [2.75, 3.05) is 6.61 Å². The predicted octanol–water partition coefficient (Wildman–Crippen LogP) is 3.01. The van der Waals surface area contributed by atoms with E-state index in [2.05, 4.69) is 18.0 Å². The molecule has 0 aliphatic heterocycles. The minimum absolute atomic E-state index is 0.532. The third-order valence-electron chi connectivity index (χ3n) is 3.12. The standard InChI is InChI=1S/C14H18N2O/c1-2-3-4-8-17-14-12(10-15)9-11-6-5-7-13(11)16-14/h9H,2-8H2,1H3. The molecular formula is C14H18N2O. The van der Waals surface area contributed by atoms with Crippen molar-refractivity contribution in [2.45, 2.75) is 45.4 Å². The first-order valence-electron chi connectivity index (χ1n) is 6.41. The summed E-state index contributed by atoms with van der Waals surface area (Å²) in [4.78, 5) is 4.48. The number of ether oxygens (including phenoxy) is 1. The Balaban J connectivity index is 2.08. The van der Waals surface area contributed by atoms with Crippen molar-refractivity contribution in [3.63, 3.8) is 0 Å². The van der Waals surface area contributed by atoms with Crippen LogP contribution in [0.1, 0.15) is 49.4 Å². The van der Waals surface area contributed by atoms with Crippen LogP contribution in [0.5, 0.6) is 5.88 Å². The Morgan fingerprint density at radius 3 is 3.06 bits per heavy atom. The second kappa shape index (κ2) is 5.67. The fraction of sp³-hybridized carbons (Fsp3) is 0.571. The third-order valence-corrected chi connectivity index (χ3v) is 3.12. The van der Waals surface area contributed by atoms with Crippen molar-refractivity contribution < 1.29 is 4.74 Å². The van der Waals surface area contributed by atoms with E-state index < -0.39 is 0 Å². The Labute approximate surface area is 102 Å². The molecule has 0 fully saturated rings. The molecule has 90 valence electrons. The molecule has 0 amide bonds. The van der Waals surface area contributed by atoms with Crippen molar-refractivity contribution in [1.82, 2.24) is 4.98 Å². The summed E-state index contributed by atoms with van der Waals surface area (Å²) in [6.07, 6.45) is 6.57. The van der Waals surface area contributed by atoms with Crippen LogP contribution >= 0.6 is 0 Å². The molecule has 0 radical (unpaired) electrons. The minimum Gasteiger partial charge on any atom is -0.477 e. The van der Waals surface area contributed by atoms with Crippen molar-refractivity contribution in [1.29, 1.82) is 5.26 Å². The molecule has 0 saturated carbocycles. The number of aromatic nitrogens is 1. The molecule has 0 unspecified atom stereocenters. The van der Waals surface area contributed by atoms with Crippen LogP contribution in [0.15, 0.2) is 6.07 Å². The summed E-state index contributed by atoms with van der Waals surface area (Å²) in [5.74, 6) is 0.532. The van der Waals surface area contributed by atoms with Gasteiger partial charge in [-0.3, -0.25) is 0 Å². The van der Waals surface area contributed by atoms with E-state index in [1.165, 1.54) is 12.0 Å². The molecule has 0 saturated heterocycles. The van der Waals surface area contributed by atoms with Gasteiger partial charge in [0.1, 0.15) is 11.6 Å². The summed E-state index contributed by atoms with van der Waals surface area (Å²) in [5, 5.41) is 9.08. The zero-order valence-corrected chi connectivity index (χ0v) is 10.3. The number of hydrogen-bond donors (Lipinski definition) is 0. The molecule has 1 aliphatic carbocycles. The van der Waals surface area contributed by atoms with Gasteiger partial charge in [0.05, 0.1) is 6.61 Å².